The van der Waals surface area contributed by atoms with E-state index in [2.05, 4.69) is 10.3 Å². The summed E-state index contributed by atoms with van der Waals surface area (Å²) in [7, 11) is 1.40. The molecule has 0 aliphatic carbocycles. The van der Waals surface area contributed by atoms with Gasteiger partial charge in [0.25, 0.3) is 0 Å². The minimum atomic E-state index is -0.237. The Morgan fingerprint density at radius 1 is 1.38 bits per heavy atom. The van der Waals surface area contributed by atoms with Crippen molar-refractivity contribution in [1.82, 2.24) is 10.3 Å². The summed E-state index contributed by atoms with van der Waals surface area (Å²) in [4.78, 5) is 15.6. The normalized spacial score (nSPS) is 12.1. The van der Waals surface area contributed by atoms with Crippen molar-refractivity contribution in [2.45, 2.75) is 32.9 Å². The molecule has 0 bridgehead atoms. The maximum Gasteiger partial charge on any atom is 0.309 e. The molecule has 1 unspecified atom stereocenters. The van der Waals surface area contributed by atoms with Crippen LogP contribution in [0.5, 0.6) is 0 Å². The quantitative estimate of drug-likeness (QED) is 0.828. The van der Waals surface area contributed by atoms with Crippen LogP contribution < -0.4 is 5.32 Å². The van der Waals surface area contributed by atoms with Crippen molar-refractivity contribution >= 4 is 5.97 Å². The number of hydrogen-bond acceptors (Lipinski definition) is 5. The van der Waals surface area contributed by atoms with Crippen molar-refractivity contribution in [2.75, 3.05) is 7.11 Å². The van der Waals surface area contributed by atoms with Crippen LogP contribution in [0.15, 0.2) is 34.9 Å². The molecule has 1 heterocycles. The Balaban J connectivity index is 2.01. The summed E-state index contributed by atoms with van der Waals surface area (Å²) in [5.41, 5.74) is 2.03. The average Bonchev–Trinajstić information content (AvgIpc) is 2.92. The second kappa shape index (κ2) is 7.04. The molecule has 0 aliphatic heterocycles. The lowest BCUT2D eigenvalue weighted by Crippen LogP contribution is -2.19. The van der Waals surface area contributed by atoms with Crippen LogP contribution in [0.4, 0.5) is 0 Å². The van der Waals surface area contributed by atoms with Crippen molar-refractivity contribution in [3.05, 3.63) is 53.2 Å². The molecule has 2 aromatic rings. The minimum absolute atomic E-state index is 0.00452. The first kappa shape index (κ1) is 15.3. The Kier molecular flexibility index (Phi) is 5.11. The molecular weight excluding hydrogens is 268 g/mol. The summed E-state index contributed by atoms with van der Waals surface area (Å²) < 4.78 is 10.2. The first-order valence-corrected chi connectivity index (χ1v) is 6.89. The Labute approximate surface area is 124 Å². The van der Waals surface area contributed by atoms with Crippen LogP contribution in [0.2, 0.25) is 0 Å². The number of hydrogen-bond donors (Lipinski definition) is 1. The van der Waals surface area contributed by atoms with Crippen molar-refractivity contribution in [3.63, 3.8) is 0 Å². The molecule has 5 heteroatoms. The second-order valence-corrected chi connectivity index (χ2v) is 4.93. The minimum Gasteiger partial charge on any atom is -0.469 e. The molecule has 0 aliphatic rings. The molecular formula is C16H20N2O3. The van der Waals surface area contributed by atoms with Crippen LogP contribution in [0.1, 0.15) is 35.7 Å². The van der Waals surface area contributed by atoms with E-state index in [9.17, 15) is 4.79 Å². The lowest BCUT2D eigenvalue weighted by atomic mass is 10.0. The number of esters is 1. The van der Waals surface area contributed by atoms with Gasteiger partial charge in [-0.2, -0.15) is 0 Å². The summed E-state index contributed by atoms with van der Waals surface area (Å²) in [5, 5.41) is 3.35. The van der Waals surface area contributed by atoms with Crippen molar-refractivity contribution < 1.29 is 13.9 Å². The molecule has 112 valence electrons. The van der Waals surface area contributed by atoms with Crippen molar-refractivity contribution in [2.24, 2.45) is 0 Å². The smallest absolute Gasteiger partial charge is 0.309 e. The fraction of sp³-hybridized carbons (Fsp3) is 0.375. The SMILES string of the molecule is COC(=O)Cc1ccccc1CNC(C)c1ncc(C)o1. The lowest BCUT2D eigenvalue weighted by Gasteiger charge is -2.13. The van der Waals surface area contributed by atoms with Gasteiger partial charge in [-0.05, 0) is 25.0 Å². The monoisotopic (exact) mass is 288 g/mol. The number of carbonyl (C=O) groups excluding carboxylic acids is 1. The number of methoxy groups -OCH3 is 1. The lowest BCUT2D eigenvalue weighted by molar-refractivity contribution is -0.139. The number of ether oxygens (including phenoxy) is 1. The van der Waals surface area contributed by atoms with Crippen LogP contribution >= 0.6 is 0 Å². The van der Waals surface area contributed by atoms with E-state index in [-0.39, 0.29) is 18.4 Å². The van der Waals surface area contributed by atoms with Gasteiger partial charge >= 0.3 is 5.97 Å². The third-order valence-corrected chi connectivity index (χ3v) is 3.29. The molecule has 21 heavy (non-hydrogen) atoms. The highest BCUT2D eigenvalue weighted by molar-refractivity contribution is 5.72. The van der Waals surface area contributed by atoms with E-state index in [1.54, 1.807) is 6.20 Å². The van der Waals surface area contributed by atoms with Crippen molar-refractivity contribution in [1.29, 1.82) is 0 Å². The summed E-state index contributed by atoms with van der Waals surface area (Å²) >= 11 is 0. The van der Waals surface area contributed by atoms with E-state index in [0.29, 0.717) is 12.4 Å². The van der Waals surface area contributed by atoms with Gasteiger partial charge in [0.2, 0.25) is 5.89 Å². The Bertz CT molecular complexity index is 607. The van der Waals surface area contributed by atoms with E-state index < -0.39 is 0 Å². The van der Waals surface area contributed by atoms with Crippen LogP contribution in [-0.4, -0.2) is 18.1 Å². The van der Waals surface area contributed by atoms with Crippen LogP contribution in [0.3, 0.4) is 0 Å². The maximum absolute atomic E-state index is 11.4. The van der Waals surface area contributed by atoms with Gasteiger partial charge in [-0.1, -0.05) is 24.3 Å². The predicted molar refractivity (Wildman–Crippen MR) is 78.7 cm³/mol. The first-order valence-electron chi connectivity index (χ1n) is 6.89. The standard InChI is InChI=1S/C16H20N2O3/c1-11-9-18-16(21-11)12(2)17-10-14-7-5-4-6-13(14)8-15(19)20-3/h4-7,9,12,17H,8,10H2,1-3H3. The Hall–Kier alpha value is -2.14. The molecule has 0 saturated carbocycles. The maximum atomic E-state index is 11.4. The van der Waals surface area contributed by atoms with Gasteiger partial charge in [0.1, 0.15) is 5.76 Å². The molecule has 1 aromatic heterocycles. The zero-order valence-corrected chi connectivity index (χ0v) is 12.6. The Morgan fingerprint density at radius 3 is 2.71 bits per heavy atom. The van der Waals surface area contributed by atoms with Crippen LogP contribution in [0.25, 0.3) is 0 Å². The second-order valence-electron chi connectivity index (χ2n) is 4.93. The summed E-state index contributed by atoms with van der Waals surface area (Å²) in [6.45, 7) is 4.50. The number of oxazole rings is 1. The van der Waals surface area contributed by atoms with Crippen molar-refractivity contribution in [3.8, 4) is 0 Å². The van der Waals surface area contributed by atoms with E-state index in [4.69, 9.17) is 9.15 Å². The van der Waals surface area contributed by atoms with Gasteiger partial charge in [-0.25, -0.2) is 4.98 Å². The number of aromatic nitrogens is 1. The van der Waals surface area contributed by atoms with E-state index in [1.807, 2.05) is 38.1 Å². The van der Waals surface area contributed by atoms with Gasteiger partial charge in [0.05, 0.1) is 25.8 Å². The average molecular weight is 288 g/mol. The number of nitrogens with zero attached hydrogens (tertiary/aromatic N) is 1. The fourth-order valence-corrected chi connectivity index (χ4v) is 2.05. The first-order chi connectivity index (χ1) is 10.1. The predicted octanol–water partition coefficient (Wildman–Crippen LogP) is 2.55. The third-order valence-electron chi connectivity index (χ3n) is 3.29. The number of rotatable bonds is 6. The number of carbonyl (C=O) groups is 1. The van der Waals surface area contributed by atoms with Gasteiger partial charge < -0.3 is 14.5 Å². The highest BCUT2D eigenvalue weighted by Crippen LogP contribution is 2.15. The molecule has 5 nitrogen and oxygen atoms in total. The molecule has 0 amide bonds. The zero-order valence-electron chi connectivity index (χ0n) is 12.6. The van der Waals surface area contributed by atoms with Gasteiger partial charge in [-0.3, -0.25) is 4.79 Å². The van der Waals surface area contributed by atoms with E-state index in [1.165, 1.54) is 7.11 Å². The topological polar surface area (TPSA) is 64.4 Å². The number of aryl methyl sites for hydroxylation is 1. The highest BCUT2D eigenvalue weighted by atomic mass is 16.5. The number of benzene rings is 1. The van der Waals surface area contributed by atoms with Crippen LogP contribution in [-0.2, 0) is 22.5 Å². The van der Waals surface area contributed by atoms with E-state index in [0.717, 1.165) is 16.9 Å². The van der Waals surface area contributed by atoms with Gasteiger partial charge in [-0.15, -0.1) is 0 Å². The summed E-state index contributed by atoms with van der Waals surface area (Å²) in [6, 6.07) is 7.82. The molecule has 1 N–H and O–H groups in total. The van der Waals surface area contributed by atoms with Crippen LogP contribution in [0, 0.1) is 6.92 Å². The molecule has 2 rings (SSSR count). The fourth-order valence-electron chi connectivity index (χ4n) is 2.05. The largest absolute Gasteiger partial charge is 0.469 e. The highest BCUT2D eigenvalue weighted by Gasteiger charge is 2.12. The number of nitrogens with one attached hydrogen (secondary N) is 1. The molecule has 0 radical (unpaired) electrons. The summed E-state index contributed by atoms with van der Waals surface area (Å²) in [5.74, 6) is 1.22. The molecule has 0 saturated heterocycles. The van der Waals surface area contributed by atoms with E-state index >= 15 is 0 Å². The third kappa shape index (κ3) is 4.16. The van der Waals surface area contributed by atoms with Gasteiger partial charge in [0, 0.05) is 6.54 Å². The molecule has 0 fully saturated rings. The zero-order chi connectivity index (χ0) is 15.2. The van der Waals surface area contributed by atoms with Gasteiger partial charge in [0.15, 0.2) is 0 Å². The Morgan fingerprint density at radius 2 is 2.10 bits per heavy atom. The molecule has 1 atom stereocenters. The molecule has 1 aromatic carbocycles. The summed E-state index contributed by atoms with van der Waals surface area (Å²) in [6.07, 6.45) is 1.99. The molecule has 0 spiro atoms.